The molecule has 184 valence electrons. The summed E-state index contributed by atoms with van der Waals surface area (Å²) in [6.07, 6.45) is 1.41. The number of ether oxygens (including phenoxy) is 3. The molecule has 2 aromatic carbocycles. The molecule has 1 atom stereocenters. The lowest BCUT2D eigenvalue weighted by Gasteiger charge is -2.28. The van der Waals surface area contributed by atoms with Crippen molar-refractivity contribution in [3.63, 3.8) is 0 Å². The maximum absolute atomic E-state index is 13.0. The third-order valence-corrected chi connectivity index (χ3v) is 5.99. The van der Waals surface area contributed by atoms with Crippen LogP contribution < -0.4 is 0 Å². The number of amides is 1. The summed E-state index contributed by atoms with van der Waals surface area (Å²) < 4.78 is 16.9. The molecule has 0 radical (unpaired) electrons. The van der Waals surface area contributed by atoms with E-state index in [1.54, 1.807) is 4.90 Å². The van der Waals surface area contributed by atoms with Gasteiger partial charge in [0, 0.05) is 23.1 Å². The van der Waals surface area contributed by atoms with E-state index >= 15 is 0 Å². The van der Waals surface area contributed by atoms with Gasteiger partial charge >= 0.3 is 12.1 Å². The first-order chi connectivity index (χ1) is 16.8. The fourth-order valence-corrected chi connectivity index (χ4v) is 4.43. The van der Waals surface area contributed by atoms with Crippen molar-refractivity contribution in [3.8, 4) is 11.3 Å². The normalized spacial score (nSPS) is 15.9. The van der Waals surface area contributed by atoms with Gasteiger partial charge in [-0.2, -0.15) is 0 Å². The van der Waals surface area contributed by atoms with Crippen LogP contribution in [-0.2, 0) is 20.8 Å². The van der Waals surface area contributed by atoms with E-state index in [-0.39, 0.29) is 18.7 Å². The van der Waals surface area contributed by atoms with Gasteiger partial charge in [-0.1, -0.05) is 48.5 Å². The highest BCUT2D eigenvalue weighted by atomic mass is 16.6. The van der Waals surface area contributed by atoms with Crippen LogP contribution >= 0.6 is 0 Å². The summed E-state index contributed by atoms with van der Waals surface area (Å²) in [5.74, 6) is -0.435. The maximum atomic E-state index is 13.0. The van der Waals surface area contributed by atoms with E-state index in [4.69, 9.17) is 19.2 Å². The van der Waals surface area contributed by atoms with Gasteiger partial charge in [0.1, 0.15) is 5.60 Å². The van der Waals surface area contributed by atoms with Gasteiger partial charge in [-0.3, -0.25) is 0 Å². The molecule has 1 amide bonds. The lowest BCUT2D eigenvalue weighted by atomic mass is 9.97. The standard InChI is InChI=1S/C28H32N2O5/c1-28(2,3)35-27(32)30-16-10-13-20(30)17-34-18-22-24(26(31)33-4)21-14-8-9-15-23(21)29-25(22)19-11-6-5-7-12-19/h5-9,11-12,14-15,20H,10,13,16-18H2,1-4H3/t20-/m0/s1. The van der Waals surface area contributed by atoms with E-state index in [2.05, 4.69) is 0 Å². The second-order valence-corrected chi connectivity index (χ2v) is 9.67. The van der Waals surface area contributed by atoms with Gasteiger partial charge in [-0.05, 0) is 39.7 Å². The van der Waals surface area contributed by atoms with Crippen LogP contribution in [0.2, 0.25) is 0 Å². The van der Waals surface area contributed by atoms with Gasteiger partial charge in [0.25, 0.3) is 0 Å². The molecule has 0 spiro atoms. The molecule has 1 saturated heterocycles. The zero-order chi connectivity index (χ0) is 25.0. The Hall–Kier alpha value is -3.45. The number of rotatable bonds is 6. The molecule has 4 rings (SSSR count). The van der Waals surface area contributed by atoms with E-state index in [0.29, 0.717) is 40.9 Å². The summed E-state index contributed by atoms with van der Waals surface area (Å²) in [7, 11) is 1.38. The fourth-order valence-electron chi connectivity index (χ4n) is 4.43. The number of esters is 1. The number of carbonyl (C=O) groups excluding carboxylic acids is 2. The van der Waals surface area contributed by atoms with Crippen molar-refractivity contribution in [2.24, 2.45) is 0 Å². The quantitative estimate of drug-likeness (QED) is 0.431. The third-order valence-electron chi connectivity index (χ3n) is 5.99. The number of hydrogen-bond donors (Lipinski definition) is 0. The van der Waals surface area contributed by atoms with Crippen LogP contribution in [-0.4, -0.2) is 53.9 Å². The van der Waals surface area contributed by atoms with E-state index < -0.39 is 11.6 Å². The lowest BCUT2D eigenvalue weighted by Crippen LogP contribution is -2.41. The summed E-state index contributed by atoms with van der Waals surface area (Å²) in [6.45, 7) is 6.71. The van der Waals surface area contributed by atoms with Crippen molar-refractivity contribution in [1.29, 1.82) is 0 Å². The SMILES string of the molecule is COC(=O)c1c(COC[C@@H]2CCCN2C(=O)OC(C)(C)C)c(-c2ccccc2)nc2ccccc12. The second kappa shape index (κ2) is 10.4. The Bertz CT molecular complexity index is 1200. The maximum Gasteiger partial charge on any atom is 0.410 e. The number of pyridine rings is 1. The Morgan fingerprint density at radius 3 is 2.49 bits per heavy atom. The number of benzene rings is 2. The molecular formula is C28H32N2O5. The fraction of sp³-hybridized carbons (Fsp3) is 0.393. The predicted octanol–water partition coefficient (Wildman–Crippen LogP) is 5.60. The molecule has 1 fully saturated rings. The number of nitrogens with zero attached hydrogens (tertiary/aromatic N) is 2. The molecule has 0 unspecified atom stereocenters. The first-order valence-electron chi connectivity index (χ1n) is 11.9. The molecule has 35 heavy (non-hydrogen) atoms. The second-order valence-electron chi connectivity index (χ2n) is 9.67. The first-order valence-corrected chi connectivity index (χ1v) is 11.9. The number of aromatic nitrogens is 1. The molecule has 1 aromatic heterocycles. The summed E-state index contributed by atoms with van der Waals surface area (Å²) in [5, 5.41) is 0.717. The molecule has 1 aliphatic heterocycles. The molecular weight excluding hydrogens is 444 g/mol. The van der Waals surface area contributed by atoms with Gasteiger partial charge < -0.3 is 19.1 Å². The molecule has 0 N–H and O–H groups in total. The summed E-state index contributed by atoms with van der Waals surface area (Å²) >= 11 is 0. The summed E-state index contributed by atoms with van der Waals surface area (Å²) in [4.78, 5) is 32.2. The van der Waals surface area contributed by atoms with E-state index in [1.165, 1.54) is 7.11 Å². The molecule has 7 nitrogen and oxygen atoms in total. The molecule has 0 saturated carbocycles. The third kappa shape index (κ3) is 5.62. The highest BCUT2D eigenvalue weighted by Gasteiger charge is 2.32. The predicted molar refractivity (Wildman–Crippen MR) is 134 cm³/mol. The summed E-state index contributed by atoms with van der Waals surface area (Å²) in [6, 6.07) is 17.2. The van der Waals surface area contributed by atoms with Crippen molar-refractivity contribution in [1.82, 2.24) is 9.88 Å². The van der Waals surface area contributed by atoms with Crippen molar-refractivity contribution in [2.75, 3.05) is 20.3 Å². The smallest absolute Gasteiger partial charge is 0.410 e. The van der Waals surface area contributed by atoms with Crippen LogP contribution in [0.4, 0.5) is 4.79 Å². The molecule has 0 aliphatic carbocycles. The van der Waals surface area contributed by atoms with Gasteiger partial charge in [0.2, 0.25) is 0 Å². The number of para-hydroxylation sites is 1. The Morgan fingerprint density at radius 2 is 1.77 bits per heavy atom. The minimum atomic E-state index is -0.554. The Kier molecular flexibility index (Phi) is 7.36. The molecule has 0 bridgehead atoms. The van der Waals surface area contributed by atoms with Gasteiger partial charge in [-0.15, -0.1) is 0 Å². The lowest BCUT2D eigenvalue weighted by molar-refractivity contribution is 0.00880. The van der Waals surface area contributed by atoms with Gasteiger partial charge in [0.05, 0.1) is 43.1 Å². The van der Waals surface area contributed by atoms with Gasteiger partial charge in [-0.25, -0.2) is 14.6 Å². The zero-order valence-corrected chi connectivity index (χ0v) is 20.7. The number of carbonyl (C=O) groups is 2. The van der Waals surface area contributed by atoms with Crippen LogP contribution in [0.25, 0.3) is 22.2 Å². The molecule has 2 heterocycles. The number of likely N-dealkylation sites (tertiary alicyclic amines) is 1. The Balaban J connectivity index is 1.64. The topological polar surface area (TPSA) is 78.0 Å². The average molecular weight is 477 g/mol. The number of methoxy groups -OCH3 is 1. The minimum absolute atomic E-state index is 0.0833. The van der Waals surface area contributed by atoms with Crippen LogP contribution in [0, 0.1) is 0 Å². The zero-order valence-electron chi connectivity index (χ0n) is 20.7. The van der Waals surface area contributed by atoms with Crippen molar-refractivity contribution in [3.05, 3.63) is 65.7 Å². The highest BCUT2D eigenvalue weighted by Crippen LogP contribution is 2.32. The highest BCUT2D eigenvalue weighted by molar-refractivity contribution is 6.06. The van der Waals surface area contributed by atoms with Crippen LogP contribution in [0.5, 0.6) is 0 Å². The van der Waals surface area contributed by atoms with E-state index in [1.807, 2.05) is 75.4 Å². The molecule has 1 aliphatic rings. The van der Waals surface area contributed by atoms with E-state index in [0.717, 1.165) is 18.4 Å². The largest absolute Gasteiger partial charge is 0.465 e. The van der Waals surface area contributed by atoms with Crippen LogP contribution in [0.15, 0.2) is 54.6 Å². The summed E-state index contributed by atoms with van der Waals surface area (Å²) in [5.41, 5.74) is 2.85. The van der Waals surface area contributed by atoms with Crippen LogP contribution in [0.3, 0.4) is 0 Å². The molecule has 7 heteroatoms. The van der Waals surface area contributed by atoms with Crippen molar-refractivity contribution in [2.45, 2.75) is 51.9 Å². The number of hydrogen-bond acceptors (Lipinski definition) is 6. The minimum Gasteiger partial charge on any atom is -0.465 e. The monoisotopic (exact) mass is 476 g/mol. The number of fused-ring (bicyclic) bond motifs is 1. The van der Waals surface area contributed by atoms with Gasteiger partial charge in [0.15, 0.2) is 0 Å². The van der Waals surface area contributed by atoms with Crippen LogP contribution in [0.1, 0.15) is 49.5 Å². The Morgan fingerprint density at radius 1 is 1.06 bits per heavy atom. The average Bonchev–Trinajstić information content (AvgIpc) is 3.31. The Labute approximate surface area is 206 Å². The first kappa shape index (κ1) is 24.7. The van der Waals surface area contributed by atoms with Crippen molar-refractivity contribution >= 4 is 23.0 Å². The molecule has 3 aromatic rings. The van der Waals surface area contributed by atoms with Crippen molar-refractivity contribution < 1.29 is 23.8 Å². The van der Waals surface area contributed by atoms with E-state index in [9.17, 15) is 9.59 Å².